The van der Waals surface area contributed by atoms with E-state index in [2.05, 4.69) is 61.7 Å². The molecule has 1 aromatic carbocycles. The smallest absolute Gasteiger partial charge is 0.188 e. The summed E-state index contributed by atoms with van der Waals surface area (Å²) in [5.41, 5.74) is 5.88. The van der Waals surface area contributed by atoms with Crippen molar-refractivity contribution in [3.05, 3.63) is 63.9 Å². The first-order chi connectivity index (χ1) is 12.7. The number of aryl methyl sites for hydroxylation is 2. The van der Waals surface area contributed by atoms with Crippen LogP contribution in [0, 0.1) is 13.8 Å². The molecule has 0 saturated carbocycles. The molecule has 0 aliphatic heterocycles. The largest absolute Gasteiger partial charge is 0.259 e. The second kappa shape index (κ2) is 7.98. The summed E-state index contributed by atoms with van der Waals surface area (Å²) in [4.78, 5) is 13.0. The Labute approximate surface area is 167 Å². The molecular weight excluding hydrogens is 374 g/mol. The zero-order chi connectivity index (χ0) is 19.6. The molecule has 2 heterocycles. The van der Waals surface area contributed by atoms with Crippen LogP contribution in [-0.2, 0) is 27.7 Å². The highest BCUT2D eigenvalue weighted by molar-refractivity contribution is 7.83. The lowest BCUT2D eigenvalue weighted by atomic mass is 9.84. The number of nitrogens with zero attached hydrogens (tertiary/aromatic N) is 3. The molecule has 0 bridgehead atoms. The van der Waals surface area contributed by atoms with Crippen molar-refractivity contribution in [2.24, 2.45) is 0 Å². The number of thiazole rings is 1. The highest BCUT2D eigenvalue weighted by Crippen LogP contribution is 2.28. The normalized spacial score (nSPS) is 12.9. The summed E-state index contributed by atoms with van der Waals surface area (Å²) < 4.78 is 12.8. The predicted octanol–water partition coefficient (Wildman–Crippen LogP) is 4.96. The van der Waals surface area contributed by atoms with E-state index in [1.54, 1.807) is 18.5 Å². The topological polar surface area (TPSA) is 55.7 Å². The highest BCUT2D eigenvalue weighted by Gasteiger charge is 2.18. The monoisotopic (exact) mass is 399 g/mol. The molecule has 3 aromatic rings. The van der Waals surface area contributed by atoms with E-state index < -0.39 is 10.8 Å². The molecule has 1 atom stereocenters. The maximum Gasteiger partial charge on any atom is 0.188 e. The Balaban J connectivity index is 1.73. The van der Waals surface area contributed by atoms with Crippen molar-refractivity contribution in [3.8, 4) is 10.8 Å². The Hall–Kier alpha value is -1.92. The zero-order valence-electron chi connectivity index (χ0n) is 16.4. The van der Waals surface area contributed by atoms with Gasteiger partial charge in [-0.15, -0.1) is 11.3 Å². The second-order valence-electron chi connectivity index (χ2n) is 7.78. The van der Waals surface area contributed by atoms with Gasteiger partial charge in [-0.1, -0.05) is 32.9 Å². The Bertz CT molecular complexity index is 936. The quantitative estimate of drug-likeness (QED) is 0.608. The maximum atomic E-state index is 12.8. The van der Waals surface area contributed by atoms with Crippen molar-refractivity contribution in [3.63, 3.8) is 0 Å². The Morgan fingerprint density at radius 3 is 2.26 bits per heavy atom. The van der Waals surface area contributed by atoms with Gasteiger partial charge in [0.2, 0.25) is 0 Å². The fourth-order valence-corrected chi connectivity index (χ4v) is 5.14. The van der Waals surface area contributed by atoms with Gasteiger partial charge in [-0.2, -0.15) is 0 Å². The van der Waals surface area contributed by atoms with Crippen molar-refractivity contribution in [2.75, 3.05) is 0 Å². The minimum absolute atomic E-state index is 0.115. The molecule has 4 nitrogen and oxygen atoms in total. The van der Waals surface area contributed by atoms with Crippen LogP contribution in [0.15, 0.2) is 36.0 Å². The molecule has 3 rings (SSSR count). The van der Waals surface area contributed by atoms with Crippen molar-refractivity contribution in [1.82, 2.24) is 15.0 Å². The van der Waals surface area contributed by atoms with Crippen LogP contribution in [0.25, 0.3) is 10.8 Å². The molecule has 0 spiro atoms. The molecule has 0 N–H and O–H groups in total. The molecule has 6 heteroatoms. The van der Waals surface area contributed by atoms with Crippen molar-refractivity contribution in [2.45, 2.75) is 51.5 Å². The van der Waals surface area contributed by atoms with Crippen LogP contribution in [0.1, 0.15) is 48.7 Å². The third kappa shape index (κ3) is 4.87. The summed E-state index contributed by atoms with van der Waals surface area (Å²) in [5, 5.41) is 2.72. The van der Waals surface area contributed by atoms with Crippen LogP contribution >= 0.6 is 11.3 Å². The molecule has 142 valence electrons. The molecule has 0 fully saturated rings. The fraction of sp³-hybridized carbons (Fsp3) is 0.381. The molecule has 0 aliphatic rings. The first-order valence-corrected chi connectivity index (χ1v) is 11.3. The van der Waals surface area contributed by atoms with E-state index in [1.165, 1.54) is 33.6 Å². The number of hydrogen-bond acceptors (Lipinski definition) is 5. The molecular formula is C21H25N3OS2. The van der Waals surface area contributed by atoms with Gasteiger partial charge < -0.3 is 0 Å². The van der Waals surface area contributed by atoms with Gasteiger partial charge in [0.15, 0.2) is 10.8 Å². The van der Waals surface area contributed by atoms with Crippen LogP contribution in [0.4, 0.5) is 0 Å². The molecule has 2 aromatic heterocycles. The minimum atomic E-state index is -1.01. The first-order valence-electron chi connectivity index (χ1n) is 8.91. The van der Waals surface area contributed by atoms with Crippen molar-refractivity contribution in [1.29, 1.82) is 0 Å². The standard InChI is InChI=1S/C21H25N3OS2/c1-14-9-16(21(3,4)5)10-15(2)18(14)13-27(25)12-17-11-26-20(24-17)19-22-7-6-8-23-19/h6-11H,12-13H2,1-5H3/t27-/m0/s1. The lowest BCUT2D eigenvalue weighted by molar-refractivity contribution is 0.589. The van der Waals surface area contributed by atoms with Gasteiger partial charge in [-0.05, 0) is 47.6 Å². The van der Waals surface area contributed by atoms with E-state index in [0.717, 1.165) is 10.7 Å². The van der Waals surface area contributed by atoms with E-state index >= 15 is 0 Å². The van der Waals surface area contributed by atoms with E-state index in [9.17, 15) is 4.21 Å². The van der Waals surface area contributed by atoms with Gasteiger partial charge in [0.1, 0.15) is 0 Å². The zero-order valence-corrected chi connectivity index (χ0v) is 18.1. The van der Waals surface area contributed by atoms with Crippen molar-refractivity contribution < 1.29 is 4.21 Å². The summed E-state index contributed by atoms with van der Waals surface area (Å²) in [6.45, 7) is 10.9. The lowest BCUT2D eigenvalue weighted by Crippen LogP contribution is -2.13. The molecule has 0 unspecified atom stereocenters. The molecule has 27 heavy (non-hydrogen) atoms. The van der Waals surface area contributed by atoms with Crippen molar-refractivity contribution >= 4 is 22.1 Å². The van der Waals surface area contributed by atoms with E-state index in [1.807, 2.05) is 5.38 Å². The fourth-order valence-electron chi connectivity index (χ4n) is 2.92. The van der Waals surface area contributed by atoms with Gasteiger partial charge in [0.05, 0.1) is 11.4 Å². The minimum Gasteiger partial charge on any atom is -0.259 e. The summed E-state index contributed by atoms with van der Waals surface area (Å²) in [6.07, 6.45) is 3.41. The number of hydrogen-bond donors (Lipinski definition) is 0. The number of aromatic nitrogens is 3. The maximum absolute atomic E-state index is 12.8. The van der Waals surface area contributed by atoms with Gasteiger partial charge >= 0.3 is 0 Å². The lowest BCUT2D eigenvalue weighted by Gasteiger charge is -2.22. The first kappa shape index (κ1) is 19.8. The Morgan fingerprint density at radius 1 is 1.04 bits per heavy atom. The Morgan fingerprint density at radius 2 is 1.67 bits per heavy atom. The van der Waals surface area contributed by atoms with Crippen LogP contribution in [-0.4, -0.2) is 19.2 Å². The third-order valence-electron chi connectivity index (χ3n) is 4.49. The highest BCUT2D eigenvalue weighted by atomic mass is 32.2. The summed E-state index contributed by atoms with van der Waals surface area (Å²) in [6, 6.07) is 6.24. The van der Waals surface area contributed by atoms with Crippen LogP contribution in [0.3, 0.4) is 0 Å². The average Bonchev–Trinajstić information content (AvgIpc) is 3.06. The van der Waals surface area contributed by atoms with Crippen LogP contribution in [0.5, 0.6) is 0 Å². The van der Waals surface area contributed by atoms with E-state index in [4.69, 9.17) is 0 Å². The SMILES string of the molecule is Cc1cc(C(C)(C)C)cc(C)c1C[S@@](=O)Cc1csc(-c2ncccn2)n1. The third-order valence-corrected chi connectivity index (χ3v) is 6.60. The molecule has 0 aliphatic carbocycles. The summed E-state index contributed by atoms with van der Waals surface area (Å²) >= 11 is 1.49. The van der Waals surface area contributed by atoms with Gasteiger partial charge in [-0.3, -0.25) is 4.21 Å². The van der Waals surface area contributed by atoms with Gasteiger partial charge in [0.25, 0.3) is 0 Å². The Kier molecular flexibility index (Phi) is 5.86. The molecule has 0 saturated heterocycles. The van der Waals surface area contributed by atoms with Gasteiger partial charge in [-0.25, -0.2) is 15.0 Å². The second-order valence-corrected chi connectivity index (χ2v) is 10.1. The van der Waals surface area contributed by atoms with E-state index in [0.29, 0.717) is 17.3 Å². The number of benzene rings is 1. The summed E-state index contributed by atoms with van der Waals surface area (Å²) in [5.74, 6) is 1.61. The molecule has 0 amide bonds. The van der Waals surface area contributed by atoms with Crippen LogP contribution < -0.4 is 0 Å². The molecule has 0 radical (unpaired) electrons. The average molecular weight is 400 g/mol. The van der Waals surface area contributed by atoms with E-state index in [-0.39, 0.29) is 5.41 Å². The number of rotatable bonds is 5. The predicted molar refractivity (Wildman–Crippen MR) is 113 cm³/mol. The van der Waals surface area contributed by atoms with Gasteiger partial charge in [0, 0.05) is 34.3 Å². The van der Waals surface area contributed by atoms with Crippen LogP contribution in [0.2, 0.25) is 0 Å². The summed E-state index contributed by atoms with van der Waals surface area (Å²) in [7, 11) is -1.01.